The molecule has 0 bridgehead atoms. The molecule has 0 saturated heterocycles. The first-order valence-electron chi connectivity index (χ1n) is 3.51. The van der Waals surface area contributed by atoms with Gasteiger partial charge in [0, 0.05) is 0 Å². The van der Waals surface area contributed by atoms with Gasteiger partial charge in [0.25, 0.3) is 0 Å². The Morgan fingerprint density at radius 1 is 0.900 bits per heavy atom. The van der Waals surface area contributed by atoms with E-state index in [-0.39, 0.29) is 11.8 Å². The van der Waals surface area contributed by atoms with Crippen LogP contribution in [-0.2, 0) is 0 Å². The Morgan fingerprint density at radius 2 is 1.20 bits per heavy atom. The van der Waals surface area contributed by atoms with Crippen LogP contribution in [0.5, 0.6) is 0 Å². The van der Waals surface area contributed by atoms with Crippen molar-refractivity contribution >= 4 is 0 Å². The lowest BCUT2D eigenvalue weighted by molar-refractivity contribution is 0.0864. The minimum absolute atomic E-state index is 0.0139. The SMILES string of the molecule is CC1C(C)C(C#N)C1C#N. The molecule has 4 unspecified atom stereocenters. The van der Waals surface area contributed by atoms with Crippen molar-refractivity contribution in [2.45, 2.75) is 13.8 Å². The maximum Gasteiger partial charge on any atom is 0.0672 e. The molecule has 1 rings (SSSR count). The molecule has 10 heavy (non-hydrogen) atoms. The largest absolute Gasteiger partial charge is 0.198 e. The molecule has 0 aromatic heterocycles. The summed E-state index contributed by atoms with van der Waals surface area (Å²) in [6.07, 6.45) is 0. The Bertz CT molecular complexity index is 184. The normalized spacial score (nSPS) is 44.8. The van der Waals surface area contributed by atoms with Gasteiger partial charge < -0.3 is 0 Å². The lowest BCUT2D eigenvalue weighted by Crippen LogP contribution is -2.41. The summed E-state index contributed by atoms with van der Waals surface area (Å²) in [5.74, 6) is 0.796. The van der Waals surface area contributed by atoms with Crippen LogP contribution in [0.4, 0.5) is 0 Å². The quantitative estimate of drug-likeness (QED) is 0.504. The third kappa shape index (κ3) is 0.693. The van der Waals surface area contributed by atoms with Gasteiger partial charge in [-0.3, -0.25) is 0 Å². The van der Waals surface area contributed by atoms with Crippen molar-refractivity contribution in [2.75, 3.05) is 0 Å². The molecule has 0 aromatic carbocycles. The summed E-state index contributed by atoms with van der Waals surface area (Å²) in [5.41, 5.74) is 0. The number of nitrogens with zero attached hydrogens (tertiary/aromatic N) is 2. The lowest BCUT2D eigenvalue weighted by Gasteiger charge is -2.41. The summed E-state index contributed by atoms with van der Waals surface area (Å²) in [4.78, 5) is 0. The molecule has 2 heteroatoms. The van der Waals surface area contributed by atoms with Crippen LogP contribution in [0.3, 0.4) is 0 Å². The summed E-state index contributed by atoms with van der Waals surface area (Å²) >= 11 is 0. The van der Waals surface area contributed by atoms with E-state index in [2.05, 4.69) is 12.1 Å². The molecule has 0 N–H and O–H groups in total. The van der Waals surface area contributed by atoms with Crippen LogP contribution in [0.25, 0.3) is 0 Å². The van der Waals surface area contributed by atoms with E-state index in [4.69, 9.17) is 10.5 Å². The molecule has 1 saturated carbocycles. The summed E-state index contributed by atoms with van der Waals surface area (Å²) in [6, 6.07) is 4.32. The average molecular weight is 134 g/mol. The van der Waals surface area contributed by atoms with Gasteiger partial charge in [0.05, 0.1) is 24.0 Å². The van der Waals surface area contributed by atoms with Gasteiger partial charge in [-0.2, -0.15) is 10.5 Å². The van der Waals surface area contributed by atoms with Crippen molar-refractivity contribution in [3.8, 4) is 12.1 Å². The predicted molar refractivity (Wildman–Crippen MR) is 36.5 cm³/mol. The fraction of sp³-hybridized carbons (Fsp3) is 0.750. The van der Waals surface area contributed by atoms with E-state index in [0.717, 1.165) is 0 Å². The smallest absolute Gasteiger partial charge is 0.0672 e. The van der Waals surface area contributed by atoms with Crippen molar-refractivity contribution in [3.63, 3.8) is 0 Å². The van der Waals surface area contributed by atoms with Gasteiger partial charge in [-0.15, -0.1) is 0 Å². The molecule has 1 aliphatic rings. The van der Waals surface area contributed by atoms with Gasteiger partial charge in [0.1, 0.15) is 0 Å². The van der Waals surface area contributed by atoms with Crippen LogP contribution >= 0.6 is 0 Å². The second-order valence-electron chi connectivity index (χ2n) is 3.03. The maximum atomic E-state index is 8.57. The third-order valence-electron chi connectivity index (χ3n) is 2.65. The molecule has 1 fully saturated rings. The minimum atomic E-state index is -0.0139. The first-order chi connectivity index (χ1) is 4.72. The Kier molecular flexibility index (Phi) is 1.64. The first kappa shape index (κ1) is 7.09. The monoisotopic (exact) mass is 134 g/mol. The van der Waals surface area contributed by atoms with Gasteiger partial charge in [-0.25, -0.2) is 0 Å². The fourth-order valence-electron chi connectivity index (χ4n) is 1.56. The van der Waals surface area contributed by atoms with Crippen LogP contribution in [0.2, 0.25) is 0 Å². The average Bonchev–Trinajstić information content (AvgIpc) is 1.97. The zero-order valence-corrected chi connectivity index (χ0v) is 6.20. The zero-order chi connectivity index (χ0) is 7.72. The summed E-state index contributed by atoms with van der Waals surface area (Å²) in [6.45, 7) is 4.07. The lowest BCUT2D eigenvalue weighted by atomic mass is 9.59. The highest BCUT2D eigenvalue weighted by Crippen LogP contribution is 2.44. The van der Waals surface area contributed by atoms with E-state index in [1.807, 2.05) is 13.8 Å². The van der Waals surface area contributed by atoms with E-state index < -0.39 is 0 Å². The Morgan fingerprint density at radius 3 is 1.40 bits per heavy atom. The molecule has 52 valence electrons. The minimum Gasteiger partial charge on any atom is -0.198 e. The molecule has 0 aromatic rings. The highest BCUT2D eigenvalue weighted by atomic mass is 14.5. The third-order valence-corrected chi connectivity index (χ3v) is 2.65. The fourth-order valence-corrected chi connectivity index (χ4v) is 1.56. The summed E-state index contributed by atoms with van der Waals surface area (Å²) in [5, 5.41) is 17.1. The topological polar surface area (TPSA) is 47.6 Å². The van der Waals surface area contributed by atoms with Gasteiger partial charge >= 0.3 is 0 Å². The Balaban J connectivity index is 2.65. The van der Waals surface area contributed by atoms with Crippen molar-refractivity contribution in [1.82, 2.24) is 0 Å². The summed E-state index contributed by atoms with van der Waals surface area (Å²) < 4.78 is 0. The van der Waals surface area contributed by atoms with Gasteiger partial charge in [-0.05, 0) is 11.8 Å². The van der Waals surface area contributed by atoms with E-state index in [0.29, 0.717) is 11.8 Å². The molecule has 0 radical (unpaired) electrons. The molecule has 0 spiro atoms. The Hall–Kier alpha value is -1.02. The molecule has 0 heterocycles. The van der Waals surface area contributed by atoms with Crippen LogP contribution in [0.15, 0.2) is 0 Å². The number of rotatable bonds is 0. The van der Waals surface area contributed by atoms with Crippen molar-refractivity contribution < 1.29 is 0 Å². The van der Waals surface area contributed by atoms with Gasteiger partial charge in [0.15, 0.2) is 0 Å². The molecule has 0 amide bonds. The molecular weight excluding hydrogens is 124 g/mol. The van der Waals surface area contributed by atoms with Crippen molar-refractivity contribution in [3.05, 3.63) is 0 Å². The summed E-state index contributed by atoms with van der Waals surface area (Å²) in [7, 11) is 0. The van der Waals surface area contributed by atoms with Crippen molar-refractivity contribution in [2.24, 2.45) is 23.7 Å². The second-order valence-corrected chi connectivity index (χ2v) is 3.03. The van der Waals surface area contributed by atoms with E-state index in [1.54, 1.807) is 0 Å². The van der Waals surface area contributed by atoms with Crippen LogP contribution in [-0.4, -0.2) is 0 Å². The first-order valence-corrected chi connectivity index (χ1v) is 3.51. The second kappa shape index (κ2) is 2.31. The Labute approximate surface area is 61.1 Å². The highest BCUT2D eigenvalue weighted by molar-refractivity contribution is 5.11. The maximum absolute atomic E-state index is 8.57. The number of hydrogen-bond donors (Lipinski definition) is 0. The molecular formula is C8H10N2. The molecule has 2 nitrogen and oxygen atoms in total. The van der Waals surface area contributed by atoms with E-state index >= 15 is 0 Å². The van der Waals surface area contributed by atoms with Crippen LogP contribution < -0.4 is 0 Å². The number of hydrogen-bond acceptors (Lipinski definition) is 2. The van der Waals surface area contributed by atoms with Crippen LogP contribution in [0.1, 0.15) is 13.8 Å². The number of nitriles is 2. The van der Waals surface area contributed by atoms with Crippen molar-refractivity contribution in [1.29, 1.82) is 10.5 Å². The van der Waals surface area contributed by atoms with Gasteiger partial charge in [-0.1, -0.05) is 13.8 Å². The highest BCUT2D eigenvalue weighted by Gasteiger charge is 2.45. The molecule has 4 atom stereocenters. The van der Waals surface area contributed by atoms with E-state index in [9.17, 15) is 0 Å². The van der Waals surface area contributed by atoms with Crippen LogP contribution in [0, 0.1) is 46.3 Å². The zero-order valence-electron chi connectivity index (χ0n) is 6.20. The standard InChI is InChI=1S/C8H10N2/c1-5-6(2)8(4-10)7(5)3-9/h5-8H,1-2H3. The predicted octanol–water partition coefficient (Wildman–Crippen LogP) is 1.55. The molecule has 0 aliphatic heterocycles. The van der Waals surface area contributed by atoms with Gasteiger partial charge in [0.2, 0.25) is 0 Å². The van der Waals surface area contributed by atoms with E-state index in [1.165, 1.54) is 0 Å². The molecule has 1 aliphatic carbocycles.